The van der Waals surface area contributed by atoms with Crippen LogP contribution in [0.4, 0.5) is 0 Å². The lowest BCUT2D eigenvalue weighted by Crippen LogP contribution is -2.21. The van der Waals surface area contributed by atoms with Crippen molar-refractivity contribution in [3.05, 3.63) is 54.9 Å². The highest BCUT2D eigenvalue weighted by Gasteiger charge is 2.23. The van der Waals surface area contributed by atoms with Gasteiger partial charge < -0.3 is 4.98 Å². The summed E-state index contributed by atoms with van der Waals surface area (Å²) < 4.78 is 2.00. The van der Waals surface area contributed by atoms with Crippen LogP contribution >= 0.6 is 35.2 Å². The van der Waals surface area contributed by atoms with Gasteiger partial charge in [0.1, 0.15) is 4.83 Å². The lowest BCUT2D eigenvalue weighted by atomic mass is 9.89. The molecule has 118 valence electrons. The van der Waals surface area contributed by atoms with E-state index < -0.39 is 0 Å². The van der Waals surface area contributed by atoms with E-state index in [1.54, 1.807) is 28.0 Å². The minimum absolute atomic E-state index is 0.0295. The predicted molar refractivity (Wildman–Crippen MR) is 98.8 cm³/mol. The van der Waals surface area contributed by atoms with Crippen LogP contribution in [0.25, 0.3) is 15.9 Å². The highest BCUT2D eigenvalue weighted by molar-refractivity contribution is 7.71. The molecule has 0 saturated carbocycles. The minimum Gasteiger partial charge on any atom is -0.323 e. The number of fused-ring (bicyclic) bond motifs is 3. The number of benzene rings is 1. The number of nitrogens with zero attached hydrogens (tertiary/aromatic N) is 1. The Balaban J connectivity index is 2.02. The Labute approximate surface area is 147 Å². The average molecular weight is 363 g/mol. The summed E-state index contributed by atoms with van der Waals surface area (Å²) >= 11 is 13.1. The molecule has 1 N–H and O–H groups in total. The van der Waals surface area contributed by atoms with Crippen LogP contribution < -0.4 is 5.56 Å². The van der Waals surface area contributed by atoms with Crippen molar-refractivity contribution in [2.75, 3.05) is 0 Å². The molecule has 1 atom stereocenters. The second kappa shape index (κ2) is 5.58. The Morgan fingerprint density at radius 3 is 2.83 bits per heavy atom. The standard InChI is InChI=1S/C17H15ClN2OS2/c1-9-2-7-12-13(8-9)23-15-14(12)16(21)20(17(22)19-15)11-5-3-10(18)4-6-11/h3-6,9H,2,7-8H2,1H3,(H,19,22). The van der Waals surface area contributed by atoms with E-state index in [9.17, 15) is 4.79 Å². The molecule has 2 heterocycles. The molecule has 0 radical (unpaired) electrons. The van der Waals surface area contributed by atoms with Gasteiger partial charge in [-0.1, -0.05) is 18.5 Å². The number of halogens is 1. The van der Waals surface area contributed by atoms with E-state index in [0.717, 1.165) is 35.2 Å². The maximum absolute atomic E-state index is 13.1. The van der Waals surface area contributed by atoms with Crippen LogP contribution in [0.2, 0.25) is 5.02 Å². The van der Waals surface area contributed by atoms with E-state index in [1.165, 1.54) is 10.4 Å². The van der Waals surface area contributed by atoms with Crippen molar-refractivity contribution in [3.63, 3.8) is 0 Å². The lowest BCUT2D eigenvalue weighted by molar-refractivity contribution is 0.509. The van der Waals surface area contributed by atoms with Crippen LogP contribution in [0.15, 0.2) is 29.1 Å². The van der Waals surface area contributed by atoms with E-state index in [1.807, 2.05) is 12.1 Å². The van der Waals surface area contributed by atoms with Crippen LogP contribution in [-0.4, -0.2) is 9.55 Å². The third-order valence-corrected chi connectivity index (χ3v) is 6.14. The zero-order chi connectivity index (χ0) is 16.1. The summed E-state index contributed by atoms with van der Waals surface area (Å²) in [5, 5.41) is 1.44. The van der Waals surface area contributed by atoms with Gasteiger partial charge >= 0.3 is 0 Å². The molecule has 0 amide bonds. The summed E-state index contributed by atoms with van der Waals surface area (Å²) in [6.45, 7) is 2.27. The van der Waals surface area contributed by atoms with Crippen molar-refractivity contribution in [2.24, 2.45) is 5.92 Å². The summed E-state index contributed by atoms with van der Waals surface area (Å²) in [5.41, 5.74) is 1.92. The number of aryl methyl sites for hydroxylation is 1. The molecule has 0 saturated heterocycles. The fraction of sp³-hybridized carbons (Fsp3) is 0.294. The van der Waals surface area contributed by atoms with Crippen molar-refractivity contribution >= 4 is 45.4 Å². The van der Waals surface area contributed by atoms with E-state index in [2.05, 4.69) is 11.9 Å². The first kappa shape index (κ1) is 15.1. The quantitative estimate of drug-likeness (QED) is 0.626. The molecule has 1 aliphatic rings. The van der Waals surface area contributed by atoms with Gasteiger partial charge in [-0.15, -0.1) is 11.3 Å². The van der Waals surface area contributed by atoms with E-state index in [-0.39, 0.29) is 5.56 Å². The molecular formula is C17H15ClN2OS2. The van der Waals surface area contributed by atoms with Crippen LogP contribution in [0, 0.1) is 10.7 Å². The predicted octanol–water partition coefficient (Wildman–Crippen LogP) is 4.89. The molecule has 6 heteroatoms. The molecule has 1 aliphatic carbocycles. The van der Waals surface area contributed by atoms with Gasteiger partial charge in [0.25, 0.3) is 5.56 Å². The van der Waals surface area contributed by atoms with Crippen molar-refractivity contribution in [1.82, 2.24) is 9.55 Å². The van der Waals surface area contributed by atoms with E-state index in [0.29, 0.717) is 15.7 Å². The van der Waals surface area contributed by atoms with Crippen molar-refractivity contribution in [1.29, 1.82) is 0 Å². The second-order valence-electron chi connectivity index (χ2n) is 6.10. The fourth-order valence-corrected chi connectivity index (χ4v) is 5.13. The number of aromatic amines is 1. The Kier molecular flexibility index (Phi) is 3.67. The van der Waals surface area contributed by atoms with E-state index in [4.69, 9.17) is 23.8 Å². The van der Waals surface area contributed by atoms with Crippen LogP contribution in [0.3, 0.4) is 0 Å². The third-order valence-electron chi connectivity index (χ3n) is 4.44. The molecule has 2 aromatic heterocycles. The number of aromatic nitrogens is 2. The number of thiophene rings is 1. The number of hydrogen-bond acceptors (Lipinski definition) is 3. The van der Waals surface area contributed by atoms with Crippen molar-refractivity contribution < 1.29 is 0 Å². The Bertz CT molecular complexity index is 1010. The highest BCUT2D eigenvalue weighted by Crippen LogP contribution is 2.35. The van der Waals surface area contributed by atoms with Gasteiger partial charge in [-0.3, -0.25) is 9.36 Å². The molecule has 0 spiro atoms. The SMILES string of the molecule is CC1CCc2c(sc3[nH]c(=S)n(-c4ccc(Cl)cc4)c(=O)c23)C1. The minimum atomic E-state index is -0.0295. The summed E-state index contributed by atoms with van der Waals surface area (Å²) in [4.78, 5) is 18.6. The molecule has 3 aromatic rings. The number of rotatable bonds is 1. The van der Waals surface area contributed by atoms with E-state index >= 15 is 0 Å². The van der Waals surface area contributed by atoms with Crippen molar-refractivity contribution in [2.45, 2.75) is 26.2 Å². The molecule has 0 fully saturated rings. The van der Waals surface area contributed by atoms with Crippen molar-refractivity contribution in [3.8, 4) is 5.69 Å². The largest absolute Gasteiger partial charge is 0.323 e. The summed E-state index contributed by atoms with van der Waals surface area (Å²) in [6, 6.07) is 7.18. The fourth-order valence-electron chi connectivity index (χ4n) is 3.25. The van der Waals surface area contributed by atoms with Gasteiger partial charge in [0.05, 0.1) is 11.1 Å². The maximum Gasteiger partial charge on any atom is 0.267 e. The zero-order valence-corrected chi connectivity index (χ0v) is 14.9. The summed E-state index contributed by atoms with van der Waals surface area (Å²) in [5.74, 6) is 0.678. The molecular weight excluding hydrogens is 348 g/mol. The number of hydrogen-bond donors (Lipinski definition) is 1. The van der Waals surface area contributed by atoms with Gasteiger partial charge in [-0.05, 0) is 67.2 Å². The van der Waals surface area contributed by atoms with Gasteiger partial charge in [0, 0.05) is 9.90 Å². The maximum atomic E-state index is 13.1. The molecule has 0 bridgehead atoms. The highest BCUT2D eigenvalue weighted by atomic mass is 35.5. The molecule has 0 aliphatic heterocycles. The molecule has 1 unspecified atom stereocenters. The first-order valence-corrected chi connectivity index (χ1v) is 9.20. The molecule has 23 heavy (non-hydrogen) atoms. The van der Waals surface area contributed by atoms with Crippen LogP contribution in [0.1, 0.15) is 23.8 Å². The van der Waals surface area contributed by atoms with Crippen LogP contribution in [-0.2, 0) is 12.8 Å². The Hall–Kier alpha value is -1.43. The summed E-state index contributed by atoms with van der Waals surface area (Å²) in [6.07, 6.45) is 3.15. The first-order chi connectivity index (χ1) is 11.0. The third kappa shape index (κ3) is 2.47. The monoisotopic (exact) mass is 362 g/mol. The Morgan fingerprint density at radius 2 is 2.09 bits per heavy atom. The molecule has 1 aromatic carbocycles. The number of nitrogens with one attached hydrogen (secondary N) is 1. The molecule has 3 nitrogen and oxygen atoms in total. The molecule has 4 rings (SSSR count). The second-order valence-corrected chi connectivity index (χ2v) is 8.03. The zero-order valence-electron chi connectivity index (χ0n) is 12.6. The normalized spacial score (nSPS) is 17.4. The topological polar surface area (TPSA) is 37.8 Å². The Morgan fingerprint density at radius 1 is 1.35 bits per heavy atom. The first-order valence-electron chi connectivity index (χ1n) is 7.60. The van der Waals surface area contributed by atoms with Crippen LogP contribution in [0.5, 0.6) is 0 Å². The summed E-state index contributed by atoms with van der Waals surface area (Å²) in [7, 11) is 0. The van der Waals surface area contributed by atoms with Gasteiger partial charge in [-0.2, -0.15) is 0 Å². The number of H-pyrrole nitrogens is 1. The smallest absolute Gasteiger partial charge is 0.267 e. The van der Waals surface area contributed by atoms with Gasteiger partial charge in [0.15, 0.2) is 4.77 Å². The average Bonchev–Trinajstić information content (AvgIpc) is 2.86. The lowest BCUT2D eigenvalue weighted by Gasteiger charge is -2.17. The van der Waals surface area contributed by atoms with Gasteiger partial charge in [0.2, 0.25) is 0 Å². The van der Waals surface area contributed by atoms with Gasteiger partial charge in [-0.25, -0.2) is 0 Å².